The molecule has 1 aromatic heterocycles. The Morgan fingerprint density at radius 3 is 2.58 bits per heavy atom. The number of ether oxygens (including phenoxy) is 1. The molecule has 0 atom stereocenters. The molecule has 2 rings (SSSR count). The van der Waals surface area contributed by atoms with E-state index in [0.717, 1.165) is 23.5 Å². The van der Waals surface area contributed by atoms with Crippen molar-refractivity contribution in [2.75, 3.05) is 7.11 Å². The van der Waals surface area contributed by atoms with Crippen LogP contribution in [0.2, 0.25) is 0 Å². The Bertz CT molecular complexity index is 655. The van der Waals surface area contributed by atoms with Crippen LogP contribution in [0.5, 0.6) is 0 Å². The number of aryl methyl sites for hydroxylation is 1. The summed E-state index contributed by atoms with van der Waals surface area (Å²) in [5.74, 6) is -4.78. The summed E-state index contributed by atoms with van der Waals surface area (Å²) in [4.78, 5) is 15.6. The van der Waals surface area contributed by atoms with Crippen LogP contribution in [0.15, 0.2) is 12.1 Å². The summed E-state index contributed by atoms with van der Waals surface area (Å²) < 4.78 is 44.1. The average Bonchev–Trinajstić information content (AvgIpc) is 2.77. The van der Waals surface area contributed by atoms with Gasteiger partial charge in [-0.15, -0.1) is 11.3 Å². The molecule has 0 unspecified atom stereocenters. The number of rotatable bonds is 2. The van der Waals surface area contributed by atoms with Crippen LogP contribution in [0.3, 0.4) is 0 Å². The maximum Gasteiger partial charge on any atom is 0.349 e. The van der Waals surface area contributed by atoms with Crippen molar-refractivity contribution in [1.82, 2.24) is 4.98 Å². The van der Waals surface area contributed by atoms with Crippen molar-refractivity contribution in [3.63, 3.8) is 0 Å². The maximum atomic E-state index is 13.6. The van der Waals surface area contributed by atoms with E-state index in [2.05, 4.69) is 9.72 Å². The van der Waals surface area contributed by atoms with Gasteiger partial charge in [0.05, 0.1) is 12.8 Å². The van der Waals surface area contributed by atoms with Gasteiger partial charge in [0.1, 0.15) is 9.88 Å². The van der Waals surface area contributed by atoms with Gasteiger partial charge in [-0.25, -0.2) is 22.9 Å². The number of benzene rings is 1. The number of aromatic nitrogens is 1. The van der Waals surface area contributed by atoms with Gasteiger partial charge in [-0.1, -0.05) is 0 Å². The molecule has 0 aliphatic heterocycles. The fourth-order valence-corrected chi connectivity index (χ4v) is 2.49. The fourth-order valence-electron chi connectivity index (χ4n) is 1.48. The van der Waals surface area contributed by atoms with E-state index < -0.39 is 23.4 Å². The normalized spacial score (nSPS) is 10.6. The first-order chi connectivity index (χ1) is 8.95. The lowest BCUT2D eigenvalue weighted by atomic mass is 10.2. The molecule has 7 heteroatoms. The van der Waals surface area contributed by atoms with Gasteiger partial charge in [0.25, 0.3) is 0 Å². The van der Waals surface area contributed by atoms with Crippen LogP contribution < -0.4 is 0 Å². The van der Waals surface area contributed by atoms with E-state index in [9.17, 15) is 18.0 Å². The standard InChI is InChI=1S/C12H8F3NO2S/c1-5-10(12(17)18-2)19-11(16-5)6-3-4-7(13)9(15)8(6)14/h3-4H,1-2H3. The number of esters is 1. The van der Waals surface area contributed by atoms with E-state index in [4.69, 9.17) is 0 Å². The minimum atomic E-state index is -1.56. The van der Waals surface area contributed by atoms with Crippen LogP contribution in [0.25, 0.3) is 10.6 Å². The molecule has 100 valence electrons. The smallest absolute Gasteiger partial charge is 0.349 e. The van der Waals surface area contributed by atoms with E-state index in [0.29, 0.717) is 5.69 Å². The van der Waals surface area contributed by atoms with Gasteiger partial charge in [0.15, 0.2) is 17.5 Å². The molecule has 2 aromatic rings. The van der Waals surface area contributed by atoms with E-state index in [1.807, 2.05) is 0 Å². The SMILES string of the molecule is COC(=O)c1sc(-c2ccc(F)c(F)c2F)nc1C. The highest BCUT2D eigenvalue weighted by Gasteiger charge is 2.21. The topological polar surface area (TPSA) is 39.2 Å². The van der Waals surface area contributed by atoms with E-state index in [-0.39, 0.29) is 15.4 Å². The third kappa shape index (κ3) is 2.33. The lowest BCUT2D eigenvalue weighted by Gasteiger charge is -2.00. The van der Waals surface area contributed by atoms with Crippen molar-refractivity contribution in [2.24, 2.45) is 0 Å². The Morgan fingerprint density at radius 2 is 1.95 bits per heavy atom. The molecule has 0 saturated heterocycles. The summed E-state index contributed by atoms with van der Waals surface area (Å²) in [5, 5.41) is 0.0919. The molecule has 1 aromatic carbocycles. The average molecular weight is 287 g/mol. The van der Waals surface area contributed by atoms with Crippen LogP contribution in [0, 0.1) is 24.4 Å². The van der Waals surface area contributed by atoms with Gasteiger partial charge < -0.3 is 4.74 Å². The van der Waals surface area contributed by atoms with E-state index >= 15 is 0 Å². The number of hydrogen-bond donors (Lipinski definition) is 0. The number of thiazole rings is 1. The highest BCUT2D eigenvalue weighted by atomic mass is 32.1. The molecule has 0 saturated carbocycles. The predicted molar refractivity (Wildman–Crippen MR) is 63.5 cm³/mol. The molecule has 0 aliphatic carbocycles. The second-order valence-electron chi connectivity index (χ2n) is 3.65. The summed E-state index contributed by atoms with van der Waals surface area (Å²) in [6.45, 7) is 1.55. The maximum absolute atomic E-state index is 13.6. The van der Waals surface area contributed by atoms with Crippen LogP contribution in [-0.4, -0.2) is 18.1 Å². The summed E-state index contributed by atoms with van der Waals surface area (Å²) >= 11 is 0.859. The molecule has 0 N–H and O–H groups in total. The van der Waals surface area contributed by atoms with Gasteiger partial charge in [-0.3, -0.25) is 0 Å². The molecular weight excluding hydrogens is 279 g/mol. The number of carbonyl (C=O) groups is 1. The van der Waals surface area contributed by atoms with E-state index in [1.54, 1.807) is 6.92 Å². The number of methoxy groups -OCH3 is 1. The predicted octanol–water partition coefficient (Wildman–Crippen LogP) is 3.32. The van der Waals surface area contributed by atoms with Crippen LogP contribution in [0.4, 0.5) is 13.2 Å². The second-order valence-corrected chi connectivity index (χ2v) is 4.65. The molecule has 0 bridgehead atoms. The molecule has 1 heterocycles. The molecular formula is C12H8F3NO2S. The van der Waals surface area contributed by atoms with Crippen molar-refractivity contribution in [1.29, 1.82) is 0 Å². The molecule has 3 nitrogen and oxygen atoms in total. The molecule has 0 spiro atoms. The first-order valence-corrected chi connectivity index (χ1v) is 5.97. The zero-order valence-corrected chi connectivity index (χ0v) is 10.8. The summed E-state index contributed by atoms with van der Waals surface area (Å²) in [6, 6.07) is 1.88. The Balaban J connectivity index is 2.55. The largest absolute Gasteiger partial charge is 0.465 e. The van der Waals surface area contributed by atoms with Gasteiger partial charge in [0.2, 0.25) is 0 Å². The van der Waals surface area contributed by atoms with Crippen molar-refractivity contribution < 1.29 is 22.7 Å². The van der Waals surface area contributed by atoms with Crippen molar-refractivity contribution in [3.05, 3.63) is 40.2 Å². The van der Waals surface area contributed by atoms with Gasteiger partial charge in [-0.2, -0.15) is 0 Å². The highest BCUT2D eigenvalue weighted by molar-refractivity contribution is 7.17. The summed E-state index contributed by atoms with van der Waals surface area (Å²) in [7, 11) is 1.21. The Hall–Kier alpha value is -1.89. The lowest BCUT2D eigenvalue weighted by Crippen LogP contribution is -1.99. The lowest BCUT2D eigenvalue weighted by molar-refractivity contribution is 0.0605. The zero-order valence-electron chi connectivity index (χ0n) is 9.96. The minimum absolute atomic E-state index is 0.0919. The van der Waals surface area contributed by atoms with Gasteiger partial charge >= 0.3 is 5.97 Å². The molecule has 19 heavy (non-hydrogen) atoms. The molecule has 0 fully saturated rings. The Kier molecular flexibility index (Phi) is 3.57. The Morgan fingerprint density at radius 1 is 1.26 bits per heavy atom. The number of halogens is 3. The first-order valence-electron chi connectivity index (χ1n) is 5.15. The fraction of sp³-hybridized carbons (Fsp3) is 0.167. The number of nitrogens with zero attached hydrogens (tertiary/aromatic N) is 1. The molecule has 0 aliphatic rings. The Labute approximate surface area is 110 Å². The number of carbonyl (C=O) groups excluding carboxylic acids is 1. The highest BCUT2D eigenvalue weighted by Crippen LogP contribution is 2.31. The van der Waals surface area contributed by atoms with Gasteiger partial charge in [0, 0.05) is 5.56 Å². The monoisotopic (exact) mass is 287 g/mol. The zero-order chi connectivity index (χ0) is 14.2. The summed E-state index contributed by atoms with van der Waals surface area (Å²) in [6.07, 6.45) is 0. The first kappa shape index (κ1) is 13.5. The van der Waals surface area contributed by atoms with Gasteiger partial charge in [-0.05, 0) is 19.1 Å². The minimum Gasteiger partial charge on any atom is -0.465 e. The van der Waals surface area contributed by atoms with Crippen molar-refractivity contribution >= 4 is 17.3 Å². The number of hydrogen-bond acceptors (Lipinski definition) is 4. The third-order valence-corrected chi connectivity index (χ3v) is 3.60. The summed E-state index contributed by atoms with van der Waals surface area (Å²) in [5.41, 5.74) is 0.151. The molecule has 0 radical (unpaired) electrons. The molecule has 0 amide bonds. The van der Waals surface area contributed by atoms with Crippen molar-refractivity contribution in [2.45, 2.75) is 6.92 Å². The van der Waals surface area contributed by atoms with Crippen LogP contribution >= 0.6 is 11.3 Å². The quantitative estimate of drug-likeness (QED) is 0.628. The van der Waals surface area contributed by atoms with Crippen LogP contribution in [-0.2, 0) is 4.74 Å². The second kappa shape index (κ2) is 5.00. The third-order valence-electron chi connectivity index (χ3n) is 2.43. The van der Waals surface area contributed by atoms with E-state index in [1.165, 1.54) is 7.11 Å². The van der Waals surface area contributed by atoms with Crippen LogP contribution in [0.1, 0.15) is 15.4 Å². The van der Waals surface area contributed by atoms with Crippen molar-refractivity contribution in [3.8, 4) is 10.6 Å².